The van der Waals surface area contributed by atoms with Crippen LogP contribution in [0.25, 0.3) is 0 Å². The first-order chi connectivity index (χ1) is 18.7. The van der Waals surface area contributed by atoms with Gasteiger partial charge in [-0.1, -0.05) is 79.9 Å². The zero-order valence-electron chi connectivity index (χ0n) is 22.6. The number of aryl methyl sites for hydroxylation is 1. The molecule has 1 N–H and O–H groups in total. The fraction of sp³-hybridized carbons (Fsp3) is 0.333. The lowest BCUT2D eigenvalue weighted by Gasteiger charge is -2.33. The van der Waals surface area contributed by atoms with Crippen LogP contribution in [-0.2, 0) is 26.2 Å². The van der Waals surface area contributed by atoms with Crippen molar-refractivity contribution in [2.24, 2.45) is 0 Å². The Morgan fingerprint density at radius 1 is 0.949 bits per heavy atom. The summed E-state index contributed by atoms with van der Waals surface area (Å²) >= 11 is 6.07. The standard InChI is InChI=1S/C30H36ClN3O4S/c1-4-6-19-32-30(36)28(5-2)33(21-24-12-10-11-23(3)20-24)29(35)22-34(26-17-15-25(31)16-18-26)39(37,38)27-13-8-7-9-14-27/h7-18,20,28H,4-6,19,21-22H2,1-3H3,(H,32,36)/t28-/m0/s1. The van der Waals surface area contributed by atoms with Gasteiger partial charge in [-0.05, 0) is 61.7 Å². The molecule has 3 aromatic rings. The zero-order valence-corrected chi connectivity index (χ0v) is 24.2. The molecule has 0 fully saturated rings. The van der Waals surface area contributed by atoms with Gasteiger partial charge >= 0.3 is 0 Å². The number of carbonyl (C=O) groups excluding carboxylic acids is 2. The highest BCUT2D eigenvalue weighted by Crippen LogP contribution is 2.26. The molecular formula is C30H36ClN3O4S. The Labute approximate surface area is 236 Å². The predicted molar refractivity (Wildman–Crippen MR) is 156 cm³/mol. The summed E-state index contributed by atoms with van der Waals surface area (Å²) in [5, 5.41) is 3.38. The summed E-state index contributed by atoms with van der Waals surface area (Å²) in [4.78, 5) is 28.8. The second-order valence-corrected chi connectivity index (χ2v) is 11.7. The minimum atomic E-state index is -4.10. The molecule has 208 valence electrons. The summed E-state index contributed by atoms with van der Waals surface area (Å²) in [7, 11) is -4.10. The second-order valence-electron chi connectivity index (χ2n) is 9.38. The molecule has 0 saturated heterocycles. The van der Waals surface area contributed by atoms with Crippen LogP contribution in [0.4, 0.5) is 5.69 Å². The molecule has 0 aliphatic heterocycles. The van der Waals surface area contributed by atoms with Crippen molar-refractivity contribution >= 4 is 39.1 Å². The van der Waals surface area contributed by atoms with E-state index in [4.69, 9.17) is 11.6 Å². The van der Waals surface area contributed by atoms with Gasteiger partial charge in [-0.15, -0.1) is 0 Å². The Hall–Kier alpha value is -3.36. The van der Waals surface area contributed by atoms with E-state index in [1.54, 1.807) is 42.5 Å². The van der Waals surface area contributed by atoms with Gasteiger partial charge in [0.25, 0.3) is 10.0 Å². The molecule has 39 heavy (non-hydrogen) atoms. The first-order valence-electron chi connectivity index (χ1n) is 13.1. The molecule has 3 aromatic carbocycles. The maximum atomic E-state index is 14.0. The monoisotopic (exact) mass is 569 g/mol. The molecule has 9 heteroatoms. The van der Waals surface area contributed by atoms with Gasteiger partial charge in [0.1, 0.15) is 12.6 Å². The van der Waals surface area contributed by atoms with Crippen molar-refractivity contribution in [3.8, 4) is 0 Å². The maximum Gasteiger partial charge on any atom is 0.264 e. The molecule has 0 bridgehead atoms. The first kappa shape index (κ1) is 30.2. The summed E-state index contributed by atoms with van der Waals surface area (Å²) in [6, 6.07) is 21.2. The molecule has 0 spiro atoms. The van der Waals surface area contributed by atoms with Gasteiger partial charge in [0.15, 0.2) is 0 Å². The third-order valence-corrected chi connectivity index (χ3v) is 8.42. The zero-order chi connectivity index (χ0) is 28.4. The molecule has 0 heterocycles. The number of rotatable bonds is 13. The SMILES string of the molecule is CCCCNC(=O)[C@H](CC)N(Cc1cccc(C)c1)C(=O)CN(c1ccc(Cl)cc1)S(=O)(=O)c1ccccc1. The molecule has 0 aromatic heterocycles. The van der Waals surface area contributed by atoms with Crippen LogP contribution < -0.4 is 9.62 Å². The fourth-order valence-corrected chi connectivity index (χ4v) is 5.85. The van der Waals surface area contributed by atoms with E-state index in [9.17, 15) is 18.0 Å². The van der Waals surface area contributed by atoms with Gasteiger partial charge in [0.05, 0.1) is 10.6 Å². The fourth-order valence-electron chi connectivity index (χ4n) is 4.29. The van der Waals surface area contributed by atoms with Gasteiger partial charge in [-0.25, -0.2) is 8.42 Å². The van der Waals surface area contributed by atoms with E-state index in [2.05, 4.69) is 5.32 Å². The lowest BCUT2D eigenvalue weighted by atomic mass is 10.1. The summed E-state index contributed by atoms with van der Waals surface area (Å²) < 4.78 is 28.6. The van der Waals surface area contributed by atoms with E-state index in [1.807, 2.05) is 45.0 Å². The number of halogens is 1. The Morgan fingerprint density at radius 3 is 2.26 bits per heavy atom. The highest BCUT2D eigenvalue weighted by molar-refractivity contribution is 7.92. The average Bonchev–Trinajstić information content (AvgIpc) is 2.92. The van der Waals surface area contributed by atoms with Gasteiger partial charge in [0.2, 0.25) is 11.8 Å². The van der Waals surface area contributed by atoms with Gasteiger partial charge < -0.3 is 10.2 Å². The second kappa shape index (κ2) is 14.1. The number of hydrogen-bond donors (Lipinski definition) is 1. The smallest absolute Gasteiger partial charge is 0.264 e. The summed E-state index contributed by atoms with van der Waals surface area (Å²) in [5.41, 5.74) is 2.18. The number of hydrogen-bond acceptors (Lipinski definition) is 4. The molecule has 0 aliphatic rings. The Kier molecular flexibility index (Phi) is 10.9. The van der Waals surface area contributed by atoms with Crippen LogP contribution in [-0.4, -0.2) is 44.3 Å². The topological polar surface area (TPSA) is 86.8 Å². The number of nitrogens with zero attached hydrogens (tertiary/aromatic N) is 2. The Morgan fingerprint density at radius 2 is 1.64 bits per heavy atom. The molecule has 3 rings (SSSR count). The van der Waals surface area contributed by atoms with Crippen molar-refractivity contribution in [3.63, 3.8) is 0 Å². The van der Waals surface area contributed by atoms with Gasteiger partial charge in [-0.3, -0.25) is 13.9 Å². The minimum absolute atomic E-state index is 0.0577. The highest BCUT2D eigenvalue weighted by atomic mass is 35.5. The van der Waals surface area contributed by atoms with E-state index in [0.717, 1.165) is 28.3 Å². The van der Waals surface area contributed by atoms with Crippen molar-refractivity contribution in [1.82, 2.24) is 10.2 Å². The van der Waals surface area contributed by atoms with Crippen LogP contribution in [0.2, 0.25) is 5.02 Å². The number of unbranched alkanes of at least 4 members (excludes halogenated alkanes) is 1. The van der Waals surface area contributed by atoms with Crippen LogP contribution in [0.1, 0.15) is 44.2 Å². The molecule has 0 unspecified atom stereocenters. The van der Waals surface area contributed by atoms with Crippen LogP contribution in [0.3, 0.4) is 0 Å². The molecular weight excluding hydrogens is 534 g/mol. The van der Waals surface area contributed by atoms with Crippen LogP contribution in [0, 0.1) is 6.92 Å². The largest absolute Gasteiger partial charge is 0.354 e. The van der Waals surface area contributed by atoms with E-state index in [0.29, 0.717) is 23.7 Å². The molecule has 7 nitrogen and oxygen atoms in total. The molecule has 0 radical (unpaired) electrons. The summed E-state index contributed by atoms with van der Waals surface area (Å²) in [5.74, 6) is -0.737. The summed E-state index contributed by atoms with van der Waals surface area (Å²) in [6.07, 6.45) is 2.13. The maximum absolute atomic E-state index is 14.0. The number of nitrogens with one attached hydrogen (secondary N) is 1. The van der Waals surface area contributed by atoms with E-state index in [1.165, 1.54) is 17.0 Å². The van der Waals surface area contributed by atoms with Crippen molar-refractivity contribution in [2.45, 2.75) is 57.5 Å². The predicted octanol–water partition coefficient (Wildman–Crippen LogP) is 5.57. The quantitative estimate of drug-likeness (QED) is 0.273. The highest BCUT2D eigenvalue weighted by Gasteiger charge is 2.33. The number of benzene rings is 3. The van der Waals surface area contributed by atoms with Crippen LogP contribution in [0.15, 0.2) is 83.8 Å². The van der Waals surface area contributed by atoms with Crippen molar-refractivity contribution < 1.29 is 18.0 Å². The number of amides is 2. The van der Waals surface area contributed by atoms with Crippen LogP contribution >= 0.6 is 11.6 Å². The number of sulfonamides is 1. The van der Waals surface area contributed by atoms with Gasteiger partial charge in [0, 0.05) is 18.1 Å². The molecule has 0 saturated carbocycles. The lowest BCUT2D eigenvalue weighted by molar-refractivity contribution is -0.140. The molecule has 2 amide bonds. The number of carbonyl (C=O) groups is 2. The first-order valence-corrected chi connectivity index (χ1v) is 14.9. The van der Waals surface area contributed by atoms with E-state index in [-0.39, 0.29) is 17.3 Å². The Balaban J connectivity index is 2.02. The third-order valence-electron chi connectivity index (χ3n) is 6.38. The lowest BCUT2D eigenvalue weighted by Crippen LogP contribution is -2.52. The van der Waals surface area contributed by atoms with Crippen LogP contribution in [0.5, 0.6) is 0 Å². The van der Waals surface area contributed by atoms with Crippen molar-refractivity contribution in [3.05, 3.63) is 95.0 Å². The molecule has 0 aliphatic carbocycles. The number of anilines is 1. The van der Waals surface area contributed by atoms with E-state index >= 15 is 0 Å². The normalized spacial score (nSPS) is 12.0. The molecule has 1 atom stereocenters. The Bertz CT molecular complexity index is 1350. The summed E-state index contributed by atoms with van der Waals surface area (Å²) in [6.45, 7) is 6.04. The van der Waals surface area contributed by atoms with Crippen molar-refractivity contribution in [1.29, 1.82) is 0 Å². The third kappa shape index (κ3) is 8.07. The van der Waals surface area contributed by atoms with Gasteiger partial charge in [-0.2, -0.15) is 0 Å². The minimum Gasteiger partial charge on any atom is -0.354 e. The van der Waals surface area contributed by atoms with Crippen molar-refractivity contribution in [2.75, 3.05) is 17.4 Å². The average molecular weight is 570 g/mol. The van der Waals surface area contributed by atoms with E-state index < -0.39 is 28.5 Å².